The molecule has 2 aromatic rings. The number of hydrogen-bond donors (Lipinski definition) is 1. The Morgan fingerprint density at radius 2 is 2.12 bits per heavy atom. The number of benzene rings is 1. The van der Waals surface area contributed by atoms with Gasteiger partial charge in [0.25, 0.3) is 0 Å². The number of rotatable bonds is 2. The van der Waals surface area contributed by atoms with Gasteiger partial charge in [0.15, 0.2) is 0 Å². The van der Waals surface area contributed by atoms with Gasteiger partial charge < -0.3 is 5.73 Å². The van der Waals surface area contributed by atoms with Crippen molar-refractivity contribution < 1.29 is 9.18 Å². The molecule has 0 amide bonds. The van der Waals surface area contributed by atoms with Crippen molar-refractivity contribution in [3.05, 3.63) is 50.4 Å². The van der Waals surface area contributed by atoms with Crippen LogP contribution in [0, 0.1) is 5.82 Å². The van der Waals surface area contributed by atoms with Crippen molar-refractivity contribution in [2.75, 3.05) is 5.73 Å². The number of ketones is 1. The average molecular weight is 300 g/mol. The van der Waals surface area contributed by atoms with Crippen LogP contribution >= 0.6 is 27.3 Å². The van der Waals surface area contributed by atoms with Crippen LogP contribution < -0.4 is 5.73 Å². The summed E-state index contributed by atoms with van der Waals surface area (Å²) in [4.78, 5) is 12.5. The van der Waals surface area contributed by atoms with Crippen molar-refractivity contribution >= 4 is 38.7 Å². The van der Waals surface area contributed by atoms with E-state index in [1.54, 1.807) is 11.4 Å². The zero-order valence-electron chi connectivity index (χ0n) is 8.04. The lowest BCUT2D eigenvalue weighted by molar-refractivity contribution is 0.104. The molecule has 2 rings (SSSR count). The molecule has 0 aliphatic carbocycles. The number of hydrogen-bond acceptors (Lipinski definition) is 3. The summed E-state index contributed by atoms with van der Waals surface area (Å²) in [5, 5.41) is 1.80. The van der Waals surface area contributed by atoms with Crippen LogP contribution in [0.15, 0.2) is 34.1 Å². The molecular formula is C11H7BrFNOS. The summed E-state index contributed by atoms with van der Waals surface area (Å²) >= 11 is 4.58. The topological polar surface area (TPSA) is 43.1 Å². The SMILES string of the molecule is Nc1ccc(C(=O)c2sccc2Br)cc1F. The lowest BCUT2D eigenvalue weighted by Gasteiger charge is -2.01. The van der Waals surface area contributed by atoms with Gasteiger partial charge in [0.1, 0.15) is 5.82 Å². The molecule has 0 spiro atoms. The van der Waals surface area contributed by atoms with Gasteiger partial charge in [-0.3, -0.25) is 4.79 Å². The van der Waals surface area contributed by atoms with Crippen LogP contribution in [0.3, 0.4) is 0 Å². The summed E-state index contributed by atoms with van der Waals surface area (Å²) in [7, 11) is 0. The Kier molecular flexibility index (Phi) is 3.07. The largest absolute Gasteiger partial charge is 0.396 e. The van der Waals surface area contributed by atoms with Crippen LogP contribution in [-0.2, 0) is 0 Å². The van der Waals surface area contributed by atoms with Gasteiger partial charge >= 0.3 is 0 Å². The van der Waals surface area contributed by atoms with Crippen LogP contribution in [0.1, 0.15) is 15.2 Å². The number of anilines is 1. The van der Waals surface area contributed by atoms with Gasteiger partial charge in [-0.25, -0.2) is 4.39 Å². The maximum absolute atomic E-state index is 13.2. The van der Waals surface area contributed by atoms with E-state index in [0.29, 0.717) is 10.4 Å². The van der Waals surface area contributed by atoms with Crippen LogP contribution in [-0.4, -0.2) is 5.78 Å². The average Bonchev–Trinajstić information content (AvgIpc) is 2.67. The molecule has 0 fully saturated rings. The zero-order chi connectivity index (χ0) is 11.7. The number of carbonyl (C=O) groups is 1. The maximum Gasteiger partial charge on any atom is 0.204 e. The Labute approximate surface area is 104 Å². The molecule has 0 aliphatic heterocycles. The molecule has 0 saturated carbocycles. The van der Waals surface area contributed by atoms with Crippen molar-refractivity contribution in [3.8, 4) is 0 Å². The third kappa shape index (κ3) is 2.01. The van der Waals surface area contributed by atoms with Gasteiger partial charge in [0.2, 0.25) is 5.78 Å². The van der Waals surface area contributed by atoms with E-state index in [-0.39, 0.29) is 11.5 Å². The lowest BCUT2D eigenvalue weighted by atomic mass is 10.1. The molecule has 1 aromatic carbocycles. The van der Waals surface area contributed by atoms with Gasteiger partial charge in [0.05, 0.1) is 10.6 Å². The summed E-state index contributed by atoms with van der Waals surface area (Å²) in [5.74, 6) is -0.778. The highest BCUT2D eigenvalue weighted by Crippen LogP contribution is 2.26. The Morgan fingerprint density at radius 3 is 2.69 bits per heavy atom. The molecule has 2 nitrogen and oxygen atoms in total. The molecule has 0 unspecified atom stereocenters. The first kappa shape index (κ1) is 11.3. The van der Waals surface area contributed by atoms with Crippen LogP contribution in [0.5, 0.6) is 0 Å². The van der Waals surface area contributed by atoms with E-state index in [2.05, 4.69) is 15.9 Å². The molecule has 1 aromatic heterocycles. The Hall–Kier alpha value is -1.20. The maximum atomic E-state index is 13.2. The quantitative estimate of drug-likeness (QED) is 0.682. The molecule has 0 saturated heterocycles. The van der Waals surface area contributed by atoms with E-state index < -0.39 is 5.82 Å². The van der Waals surface area contributed by atoms with E-state index in [9.17, 15) is 9.18 Å². The van der Waals surface area contributed by atoms with Crippen LogP contribution in [0.4, 0.5) is 10.1 Å². The molecule has 0 atom stereocenters. The van der Waals surface area contributed by atoms with E-state index in [0.717, 1.165) is 10.5 Å². The standard InChI is InChI=1S/C11H7BrFNOS/c12-7-3-4-16-11(7)10(15)6-1-2-9(14)8(13)5-6/h1-5H,14H2. The summed E-state index contributed by atoms with van der Waals surface area (Å²) in [5.41, 5.74) is 5.69. The number of nitrogen functional groups attached to an aromatic ring is 1. The molecule has 0 bridgehead atoms. The predicted molar refractivity (Wildman–Crippen MR) is 66.3 cm³/mol. The van der Waals surface area contributed by atoms with Crippen molar-refractivity contribution in [2.24, 2.45) is 0 Å². The normalized spacial score (nSPS) is 10.4. The first-order valence-electron chi connectivity index (χ1n) is 4.42. The first-order valence-corrected chi connectivity index (χ1v) is 6.09. The third-order valence-corrected chi connectivity index (χ3v) is 3.92. The smallest absolute Gasteiger partial charge is 0.204 e. The number of carbonyl (C=O) groups excluding carboxylic acids is 1. The second kappa shape index (κ2) is 4.35. The highest BCUT2D eigenvalue weighted by atomic mass is 79.9. The first-order chi connectivity index (χ1) is 7.59. The van der Waals surface area contributed by atoms with Crippen molar-refractivity contribution in [1.82, 2.24) is 0 Å². The minimum absolute atomic E-state index is 0.0433. The Balaban J connectivity index is 2.42. The summed E-state index contributed by atoms with van der Waals surface area (Å²) < 4.78 is 13.9. The number of thiophene rings is 1. The Morgan fingerprint density at radius 1 is 1.38 bits per heavy atom. The highest BCUT2D eigenvalue weighted by molar-refractivity contribution is 9.10. The van der Waals surface area contributed by atoms with Gasteiger partial charge in [-0.2, -0.15) is 0 Å². The van der Waals surface area contributed by atoms with Gasteiger partial charge in [-0.15, -0.1) is 11.3 Å². The summed E-state index contributed by atoms with van der Waals surface area (Å²) in [6, 6.07) is 5.85. The monoisotopic (exact) mass is 299 g/mol. The molecule has 2 N–H and O–H groups in total. The predicted octanol–water partition coefficient (Wildman–Crippen LogP) is 3.46. The minimum Gasteiger partial charge on any atom is -0.396 e. The van der Waals surface area contributed by atoms with Crippen molar-refractivity contribution in [2.45, 2.75) is 0 Å². The van der Waals surface area contributed by atoms with Crippen molar-refractivity contribution in [1.29, 1.82) is 0 Å². The zero-order valence-corrected chi connectivity index (χ0v) is 10.4. The third-order valence-electron chi connectivity index (χ3n) is 2.09. The molecule has 82 valence electrons. The molecule has 5 heteroatoms. The fraction of sp³-hybridized carbons (Fsp3) is 0. The second-order valence-corrected chi connectivity index (χ2v) is 4.93. The lowest BCUT2D eigenvalue weighted by Crippen LogP contribution is -2.01. The molecule has 1 heterocycles. The van der Waals surface area contributed by atoms with E-state index in [4.69, 9.17) is 5.73 Å². The van der Waals surface area contributed by atoms with Gasteiger partial charge in [-0.1, -0.05) is 0 Å². The van der Waals surface area contributed by atoms with Crippen molar-refractivity contribution in [3.63, 3.8) is 0 Å². The fourth-order valence-corrected chi connectivity index (χ4v) is 2.77. The molecular weight excluding hydrogens is 293 g/mol. The minimum atomic E-state index is -0.571. The fourth-order valence-electron chi connectivity index (χ4n) is 1.26. The second-order valence-electron chi connectivity index (χ2n) is 3.16. The molecule has 16 heavy (non-hydrogen) atoms. The molecule has 0 radical (unpaired) electrons. The van der Waals surface area contributed by atoms with Crippen LogP contribution in [0.25, 0.3) is 0 Å². The molecule has 0 aliphatic rings. The van der Waals surface area contributed by atoms with E-state index in [1.165, 1.54) is 23.5 Å². The van der Waals surface area contributed by atoms with Gasteiger partial charge in [0, 0.05) is 10.0 Å². The van der Waals surface area contributed by atoms with E-state index in [1.807, 2.05) is 0 Å². The summed E-state index contributed by atoms with van der Waals surface area (Å²) in [6.07, 6.45) is 0. The van der Waals surface area contributed by atoms with Crippen LogP contribution in [0.2, 0.25) is 0 Å². The summed E-state index contributed by atoms with van der Waals surface area (Å²) in [6.45, 7) is 0. The number of nitrogens with two attached hydrogens (primary N) is 1. The number of halogens is 2. The highest BCUT2D eigenvalue weighted by Gasteiger charge is 2.15. The van der Waals surface area contributed by atoms with E-state index >= 15 is 0 Å². The van der Waals surface area contributed by atoms with Gasteiger partial charge in [-0.05, 0) is 45.6 Å². The Bertz CT molecular complexity index is 553.